The highest BCUT2D eigenvalue weighted by Gasteiger charge is 2.22. The first kappa shape index (κ1) is 16.1. The molecule has 0 aliphatic heterocycles. The summed E-state index contributed by atoms with van der Waals surface area (Å²) in [4.78, 5) is 0. The molecule has 1 aliphatic carbocycles. The van der Waals surface area contributed by atoms with Gasteiger partial charge in [0.1, 0.15) is 11.6 Å². The lowest BCUT2D eigenvalue weighted by Gasteiger charge is -2.31. The fourth-order valence-corrected chi connectivity index (χ4v) is 3.20. The van der Waals surface area contributed by atoms with Gasteiger partial charge in [-0.2, -0.15) is 0 Å². The second-order valence-corrected chi connectivity index (χ2v) is 6.28. The summed E-state index contributed by atoms with van der Waals surface area (Å²) in [5.41, 5.74) is 0.414. The third kappa shape index (κ3) is 4.37. The monoisotopic (exact) mass is 312 g/mol. The van der Waals surface area contributed by atoms with Crippen LogP contribution in [0.5, 0.6) is 0 Å². The van der Waals surface area contributed by atoms with Gasteiger partial charge in [0.25, 0.3) is 0 Å². The number of halogens is 2. The molecule has 5 heteroatoms. The molecule has 0 spiro atoms. The summed E-state index contributed by atoms with van der Waals surface area (Å²) in [6.07, 6.45) is 4.81. The molecule has 1 aromatic carbocycles. The van der Waals surface area contributed by atoms with E-state index in [0.717, 1.165) is 12.5 Å². The lowest BCUT2D eigenvalue weighted by molar-refractivity contribution is 0.307. The summed E-state index contributed by atoms with van der Waals surface area (Å²) in [5, 5.41) is 6.94. The normalized spacial score (nSPS) is 23.4. The quantitative estimate of drug-likeness (QED) is 0.823. The lowest BCUT2D eigenvalue weighted by atomic mass is 9.86. The Hall–Kier alpha value is -1.23. The molecule has 0 amide bonds. The number of benzene rings is 1. The van der Waals surface area contributed by atoms with Crippen molar-refractivity contribution >= 4 is 17.3 Å². The number of nitrogens with one attached hydrogen (secondary N) is 2. The van der Waals surface area contributed by atoms with Crippen molar-refractivity contribution in [2.75, 3.05) is 0 Å². The van der Waals surface area contributed by atoms with Crippen molar-refractivity contribution in [3.05, 3.63) is 35.4 Å². The number of hydrogen-bond donors (Lipinski definition) is 2. The molecule has 0 unspecified atom stereocenters. The highest BCUT2D eigenvalue weighted by atomic mass is 32.1. The molecule has 0 heterocycles. The van der Waals surface area contributed by atoms with Crippen LogP contribution in [0.4, 0.5) is 8.78 Å². The molecule has 0 aromatic heterocycles. The Morgan fingerprint density at radius 2 is 2.00 bits per heavy atom. The Balaban J connectivity index is 1.92. The van der Waals surface area contributed by atoms with Crippen LogP contribution in [0.25, 0.3) is 0 Å². The summed E-state index contributed by atoms with van der Waals surface area (Å²) in [6.45, 7) is 4.04. The van der Waals surface area contributed by atoms with E-state index >= 15 is 0 Å². The third-order valence-electron chi connectivity index (χ3n) is 4.20. The topological polar surface area (TPSA) is 24.1 Å². The molecule has 1 aliphatic rings. The first-order valence-electron chi connectivity index (χ1n) is 7.49. The Morgan fingerprint density at radius 1 is 1.29 bits per heavy atom. The zero-order valence-corrected chi connectivity index (χ0v) is 13.3. The van der Waals surface area contributed by atoms with E-state index in [9.17, 15) is 8.78 Å². The van der Waals surface area contributed by atoms with Gasteiger partial charge < -0.3 is 10.6 Å². The van der Waals surface area contributed by atoms with Crippen LogP contribution in [0.2, 0.25) is 0 Å². The van der Waals surface area contributed by atoms with Gasteiger partial charge in [-0.05, 0) is 44.0 Å². The van der Waals surface area contributed by atoms with Crippen molar-refractivity contribution in [3.63, 3.8) is 0 Å². The Kier molecular flexibility index (Phi) is 5.51. The number of thiocarbonyl (C=S) groups is 1. The second-order valence-electron chi connectivity index (χ2n) is 5.87. The fraction of sp³-hybridized carbons (Fsp3) is 0.562. The van der Waals surface area contributed by atoms with Gasteiger partial charge in [-0.25, -0.2) is 8.78 Å². The zero-order chi connectivity index (χ0) is 15.4. The van der Waals surface area contributed by atoms with Crippen LogP contribution in [0.3, 0.4) is 0 Å². The van der Waals surface area contributed by atoms with Crippen LogP contribution in [0.1, 0.15) is 51.1 Å². The highest BCUT2D eigenvalue weighted by Crippen LogP contribution is 2.24. The van der Waals surface area contributed by atoms with Crippen molar-refractivity contribution < 1.29 is 8.78 Å². The summed E-state index contributed by atoms with van der Waals surface area (Å²) < 4.78 is 26.7. The third-order valence-corrected chi connectivity index (χ3v) is 4.44. The molecule has 2 rings (SSSR count). The van der Waals surface area contributed by atoms with Crippen molar-refractivity contribution in [1.82, 2.24) is 10.6 Å². The van der Waals surface area contributed by atoms with Crippen LogP contribution < -0.4 is 10.6 Å². The molecule has 21 heavy (non-hydrogen) atoms. The van der Waals surface area contributed by atoms with E-state index in [1.165, 1.54) is 31.4 Å². The van der Waals surface area contributed by atoms with Crippen LogP contribution in [-0.4, -0.2) is 11.2 Å². The van der Waals surface area contributed by atoms with E-state index in [4.69, 9.17) is 12.2 Å². The molecule has 0 bridgehead atoms. The average molecular weight is 312 g/mol. The molecule has 0 saturated heterocycles. The molecule has 1 saturated carbocycles. The van der Waals surface area contributed by atoms with Gasteiger partial charge in [-0.1, -0.05) is 25.8 Å². The summed E-state index contributed by atoms with van der Waals surface area (Å²) in [6, 6.07) is 3.69. The maximum absolute atomic E-state index is 13.7. The average Bonchev–Trinajstić information content (AvgIpc) is 2.41. The molecular formula is C16H22F2N2S. The van der Waals surface area contributed by atoms with Gasteiger partial charge in [0.05, 0.1) is 6.04 Å². The smallest absolute Gasteiger partial charge is 0.166 e. The first-order valence-corrected chi connectivity index (χ1v) is 7.90. The molecule has 1 aromatic rings. The Morgan fingerprint density at radius 3 is 2.67 bits per heavy atom. The molecule has 3 atom stereocenters. The predicted molar refractivity (Wildman–Crippen MR) is 85.1 cm³/mol. The SMILES string of the molecule is C[C@H](NC(=S)N[C@H]1CCCC[C@@H]1C)c1ccc(F)cc1F. The van der Waals surface area contributed by atoms with Crippen LogP contribution in [0.15, 0.2) is 18.2 Å². The van der Waals surface area contributed by atoms with Gasteiger partial charge in [-0.15, -0.1) is 0 Å². The largest absolute Gasteiger partial charge is 0.360 e. The van der Waals surface area contributed by atoms with E-state index in [0.29, 0.717) is 22.6 Å². The minimum absolute atomic E-state index is 0.301. The molecule has 116 valence electrons. The standard InChI is InChI=1S/C16H22F2N2S/c1-10-5-3-4-6-15(10)20-16(21)19-11(2)13-8-7-12(17)9-14(13)18/h7-11,15H,3-6H2,1-2H3,(H2,19,20,21)/t10-,11-,15-/m0/s1. The zero-order valence-electron chi connectivity index (χ0n) is 12.5. The van der Waals surface area contributed by atoms with Crippen LogP contribution in [-0.2, 0) is 0 Å². The first-order chi connectivity index (χ1) is 9.97. The van der Waals surface area contributed by atoms with E-state index in [2.05, 4.69) is 17.6 Å². The van der Waals surface area contributed by atoms with Crippen molar-refractivity contribution in [1.29, 1.82) is 0 Å². The van der Waals surface area contributed by atoms with Gasteiger partial charge in [0, 0.05) is 17.7 Å². The number of rotatable bonds is 3. The van der Waals surface area contributed by atoms with Gasteiger partial charge in [-0.3, -0.25) is 0 Å². The maximum atomic E-state index is 13.7. The number of hydrogen-bond acceptors (Lipinski definition) is 1. The van der Waals surface area contributed by atoms with Crippen molar-refractivity contribution in [2.45, 2.75) is 51.6 Å². The van der Waals surface area contributed by atoms with Gasteiger partial charge in [0.2, 0.25) is 0 Å². The van der Waals surface area contributed by atoms with Crippen molar-refractivity contribution in [2.24, 2.45) is 5.92 Å². The molecule has 1 fully saturated rings. The molecule has 0 radical (unpaired) electrons. The fourth-order valence-electron chi connectivity index (χ4n) is 2.87. The second kappa shape index (κ2) is 7.16. The van der Waals surface area contributed by atoms with Crippen molar-refractivity contribution in [3.8, 4) is 0 Å². The molecular weight excluding hydrogens is 290 g/mol. The van der Waals surface area contributed by atoms with Crippen LogP contribution >= 0.6 is 12.2 Å². The molecule has 2 N–H and O–H groups in total. The lowest BCUT2D eigenvalue weighted by Crippen LogP contribution is -2.46. The Labute approximate surface area is 130 Å². The van der Waals surface area contributed by atoms with E-state index in [1.54, 1.807) is 0 Å². The molecule has 2 nitrogen and oxygen atoms in total. The summed E-state index contributed by atoms with van der Waals surface area (Å²) in [5.74, 6) is -0.527. The van der Waals surface area contributed by atoms with Crippen LogP contribution in [0, 0.1) is 17.6 Å². The van der Waals surface area contributed by atoms with Gasteiger partial charge in [0.15, 0.2) is 5.11 Å². The predicted octanol–water partition coefficient (Wildman–Crippen LogP) is 4.07. The van der Waals surface area contributed by atoms with E-state index in [1.807, 2.05) is 6.92 Å². The maximum Gasteiger partial charge on any atom is 0.166 e. The summed E-state index contributed by atoms with van der Waals surface area (Å²) >= 11 is 5.31. The van der Waals surface area contributed by atoms with E-state index in [-0.39, 0.29) is 6.04 Å². The van der Waals surface area contributed by atoms with E-state index < -0.39 is 11.6 Å². The minimum atomic E-state index is -0.569. The Bertz CT molecular complexity index is 507. The van der Waals surface area contributed by atoms with Gasteiger partial charge >= 0.3 is 0 Å². The highest BCUT2D eigenvalue weighted by molar-refractivity contribution is 7.80. The summed E-state index contributed by atoms with van der Waals surface area (Å²) in [7, 11) is 0. The minimum Gasteiger partial charge on any atom is -0.360 e.